The van der Waals surface area contributed by atoms with Gasteiger partial charge in [-0.05, 0) is 18.6 Å². The van der Waals surface area contributed by atoms with Gasteiger partial charge in [-0.1, -0.05) is 32.5 Å². The number of ether oxygens (including phenoxy) is 1. The molecule has 1 N–H and O–H groups in total. The highest BCUT2D eigenvalue weighted by molar-refractivity contribution is 6.83. The molecule has 3 aromatic rings. The Morgan fingerprint density at radius 1 is 1.22 bits per heavy atom. The van der Waals surface area contributed by atoms with Gasteiger partial charge in [0.1, 0.15) is 13.8 Å². The summed E-state index contributed by atoms with van der Waals surface area (Å²) in [5, 5.41) is 1.03. The average molecular weight is 323 g/mol. The topological polar surface area (TPSA) is 50.8 Å². The summed E-state index contributed by atoms with van der Waals surface area (Å²) in [6.07, 6.45) is 2.76. The van der Waals surface area contributed by atoms with E-state index in [2.05, 4.69) is 48.0 Å². The van der Waals surface area contributed by atoms with E-state index in [1.165, 1.54) is 0 Å². The van der Waals surface area contributed by atoms with Crippen LogP contribution in [0.3, 0.4) is 0 Å². The summed E-state index contributed by atoms with van der Waals surface area (Å²) in [6.45, 7) is 9.43. The van der Waals surface area contributed by atoms with E-state index in [0.717, 1.165) is 34.1 Å². The lowest BCUT2D eigenvalue weighted by atomic mass is 10.2. The second-order valence-corrected chi connectivity index (χ2v) is 11.4. The summed E-state index contributed by atoms with van der Waals surface area (Å²) in [4.78, 5) is 12.4. The molecule has 0 saturated carbocycles. The molecule has 3 aromatic heterocycles. The van der Waals surface area contributed by atoms with Gasteiger partial charge in [0, 0.05) is 11.5 Å². The van der Waals surface area contributed by atoms with Crippen LogP contribution in [0, 0.1) is 11.5 Å². The zero-order chi connectivity index (χ0) is 16.4. The van der Waals surface area contributed by atoms with Crippen LogP contribution in [0.5, 0.6) is 5.88 Å². The molecule has 3 rings (SSSR count). The first-order valence-electron chi connectivity index (χ1n) is 7.91. The summed E-state index contributed by atoms with van der Waals surface area (Å²) in [7, 11) is -1.41. The van der Waals surface area contributed by atoms with Crippen LogP contribution in [0.25, 0.3) is 21.9 Å². The smallest absolute Gasteiger partial charge is 0.213 e. The predicted molar refractivity (Wildman–Crippen MR) is 97.4 cm³/mol. The first kappa shape index (κ1) is 15.6. The van der Waals surface area contributed by atoms with Crippen molar-refractivity contribution in [2.75, 3.05) is 6.61 Å². The molecule has 0 fully saturated rings. The number of rotatable bonds is 3. The zero-order valence-corrected chi connectivity index (χ0v) is 15.0. The third kappa shape index (κ3) is 3.54. The van der Waals surface area contributed by atoms with Gasteiger partial charge in [0.15, 0.2) is 0 Å². The van der Waals surface area contributed by atoms with Crippen molar-refractivity contribution in [1.29, 1.82) is 0 Å². The van der Waals surface area contributed by atoms with E-state index in [-0.39, 0.29) is 0 Å². The molecule has 0 aliphatic rings. The third-order valence-electron chi connectivity index (χ3n) is 3.32. The Kier molecular flexibility index (Phi) is 4.10. The monoisotopic (exact) mass is 323 g/mol. The molecule has 23 heavy (non-hydrogen) atoms. The molecule has 0 spiro atoms. The van der Waals surface area contributed by atoms with Gasteiger partial charge < -0.3 is 9.72 Å². The van der Waals surface area contributed by atoms with Crippen LogP contribution in [0.2, 0.25) is 19.6 Å². The van der Waals surface area contributed by atoms with Gasteiger partial charge in [0.25, 0.3) is 0 Å². The summed E-state index contributed by atoms with van der Waals surface area (Å²) >= 11 is 0. The van der Waals surface area contributed by atoms with Crippen LogP contribution in [0.1, 0.15) is 19.0 Å². The fourth-order valence-corrected chi connectivity index (χ4v) is 2.75. The molecule has 0 bridgehead atoms. The second kappa shape index (κ2) is 6.05. The van der Waals surface area contributed by atoms with Crippen molar-refractivity contribution in [3.05, 3.63) is 30.1 Å². The van der Waals surface area contributed by atoms with Crippen molar-refractivity contribution in [3.8, 4) is 17.3 Å². The lowest BCUT2D eigenvalue weighted by molar-refractivity contribution is 0.306. The van der Waals surface area contributed by atoms with Crippen molar-refractivity contribution in [3.63, 3.8) is 0 Å². The Balaban J connectivity index is 2.08. The van der Waals surface area contributed by atoms with Crippen LogP contribution < -0.4 is 4.74 Å². The number of H-pyrrole nitrogens is 1. The summed E-state index contributed by atoms with van der Waals surface area (Å²) in [5.41, 5.74) is 7.06. The number of nitrogens with zero attached hydrogens (tertiary/aromatic N) is 2. The fraction of sp³-hybridized carbons (Fsp3) is 0.333. The van der Waals surface area contributed by atoms with Crippen LogP contribution in [-0.4, -0.2) is 29.6 Å². The van der Waals surface area contributed by atoms with E-state index in [4.69, 9.17) is 9.72 Å². The van der Waals surface area contributed by atoms with Gasteiger partial charge in [-0.15, -0.1) is 5.54 Å². The minimum absolute atomic E-state index is 0.639. The van der Waals surface area contributed by atoms with E-state index in [1.807, 2.05) is 18.2 Å². The van der Waals surface area contributed by atoms with Crippen LogP contribution in [0.4, 0.5) is 0 Å². The first-order chi connectivity index (χ1) is 11.0. The molecular formula is C18H21N3OSi. The molecule has 5 heteroatoms. The Hall–Kier alpha value is -2.32. The molecular weight excluding hydrogens is 302 g/mol. The minimum atomic E-state index is -1.41. The molecule has 0 amide bonds. The van der Waals surface area contributed by atoms with Crippen molar-refractivity contribution in [2.45, 2.75) is 33.0 Å². The van der Waals surface area contributed by atoms with Crippen LogP contribution in [0.15, 0.2) is 24.4 Å². The molecule has 118 valence electrons. The first-order valence-corrected chi connectivity index (χ1v) is 11.4. The van der Waals surface area contributed by atoms with E-state index in [0.29, 0.717) is 12.5 Å². The van der Waals surface area contributed by atoms with Crippen molar-refractivity contribution in [1.82, 2.24) is 15.0 Å². The Morgan fingerprint density at radius 2 is 2.04 bits per heavy atom. The highest BCUT2D eigenvalue weighted by atomic mass is 28.3. The van der Waals surface area contributed by atoms with Gasteiger partial charge in [0.05, 0.1) is 29.4 Å². The summed E-state index contributed by atoms with van der Waals surface area (Å²) in [5.74, 6) is 3.86. The molecule has 0 aromatic carbocycles. The quantitative estimate of drug-likeness (QED) is 0.582. The highest BCUT2D eigenvalue weighted by Gasteiger charge is 2.10. The average Bonchev–Trinajstić information content (AvgIpc) is 2.87. The number of nitrogens with one attached hydrogen (secondary N) is 1. The molecule has 0 atom stereocenters. The zero-order valence-electron chi connectivity index (χ0n) is 14.0. The maximum absolute atomic E-state index is 5.63. The number of hydrogen-bond donors (Lipinski definition) is 1. The van der Waals surface area contributed by atoms with E-state index < -0.39 is 8.07 Å². The predicted octanol–water partition coefficient (Wildman–Crippen LogP) is 4.13. The Bertz CT molecular complexity index is 913. The number of aromatic nitrogens is 3. The SMILES string of the molecule is CCCOc1cc2c(cn1)[nH]c1ccc(C#C[Si](C)(C)C)nc12. The molecule has 0 saturated heterocycles. The Labute approximate surface area is 137 Å². The van der Waals surface area contributed by atoms with Crippen molar-refractivity contribution >= 4 is 30.0 Å². The van der Waals surface area contributed by atoms with Crippen molar-refractivity contribution < 1.29 is 4.74 Å². The molecule has 0 radical (unpaired) electrons. The molecule has 0 unspecified atom stereocenters. The maximum atomic E-state index is 5.63. The molecule has 0 aliphatic carbocycles. The summed E-state index contributed by atoms with van der Waals surface area (Å²) < 4.78 is 5.63. The van der Waals surface area contributed by atoms with Gasteiger partial charge in [-0.3, -0.25) is 0 Å². The number of aromatic amines is 1. The second-order valence-electron chi connectivity index (χ2n) is 6.63. The van der Waals surface area contributed by atoms with E-state index in [9.17, 15) is 0 Å². The standard InChI is InChI=1S/C18H21N3OSi/c1-5-9-22-17-11-14-16(12-19-17)21-15-7-6-13(20-18(14)15)8-10-23(2,3)4/h6-7,11-12,21H,5,9H2,1-4H3. The molecule has 0 aliphatic heterocycles. The number of pyridine rings is 2. The normalized spacial score (nSPS) is 11.5. The van der Waals surface area contributed by atoms with Gasteiger partial charge in [-0.25, -0.2) is 9.97 Å². The van der Waals surface area contributed by atoms with Crippen molar-refractivity contribution in [2.24, 2.45) is 0 Å². The van der Waals surface area contributed by atoms with Gasteiger partial charge >= 0.3 is 0 Å². The molecule has 3 heterocycles. The number of fused-ring (bicyclic) bond motifs is 3. The number of hydrogen-bond acceptors (Lipinski definition) is 3. The van der Waals surface area contributed by atoms with E-state index in [1.54, 1.807) is 6.20 Å². The largest absolute Gasteiger partial charge is 0.478 e. The maximum Gasteiger partial charge on any atom is 0.213 e. The third-order valence-corrected chi connectivity index (χ3v) is 4.19. The van der Waals surface area contributed by atoms with Crippen LogP contribution in [-0.2, 0) is 0 Å². The molecule has 4 nitrogen and oxygen atoms in total. The lowest BCUT2D eigenvalue weighted by Gasteiger charge is -2.03. The van der Waals surface area contributed by atoms with Gasteiger partial charge in [0.2, 0.25) is 5.88 Å². The Morgan fingerprint density at radius 3 is 2.78 bits per heavy atom. The lowest BCUT2D eigenvalue weighted by Crippen LogP contribution is -2.16. The van der Waals surface area contributed by atoms with E-state index >= 15 is 0 Å². The summed E-state index contributed by atoms with van der Waals surface area (Å²) in [6, 6.07) is 5.95. The highest BCUT2D eigenvalue weighted by Crippen LogP contribution is 2.26. The minimum Gasteiger partial charge on any atom is -0.478 e. The fourth-order valence-electron chi connectivity index (χ4n) is 2.25. The van der Waals surface area contributed by atoms with Gasteiger partial charge in [-0.2, -0.15) is 0 Å². The van der Waals surface area contributed by atoms with Crippen LogP contribution >= 0.6 is 0 Å².